The van der Waals surface area contributed by atoms with Crippen LogP contribution in [0.15, 0.2) is 143 Å². The van der Waals surface area contributed by atoms with Gasteiger partial charge >= 0.3 is 0 Å². The van der Waals surface area contributed by atoms with E-state index in [9.17, 15) is 0 Å². The standard InChI is InChI=1S/C54H58N4/c1-35-11-19-39(20-12-35)43-27-44(40-21-13-36(2)14-22-40)30-47(29-43)57-33-49(53(5,6)7)55-51(57)52-56-50(54(8,9)10)34-58(52)48-31-45(41-23-15-37(3)16-24-41)28-46(32-48)42-25-17-38(4)18-26-42/h11-32,49-50H,33-34H2,1-10H3/t49-,50-/m1/s1. The molecule has 2 atom stereocenters. The summed E-state index contributed by atoms with van der Waals surface area (Å²) in [6, 6.07) is 49.9. The van der Waals surface area contributed by atoms with E-state index in [0.717, 1.165) is 36.1 Å². The van der Waals surface area contributed by atoms with Gasteiger partial charge in [-0.15, -0.1) is 0 Å². The average molecular weight is 763 g/mol. The molecule has 2 aliphatic heterocycles. The summed E-state index contributed by atoms with van der Waals surface area (Å²) in [5.41, 5.74) is 16.8. The molecule has 8 rings (SSSR count). The van der Waals surface area contributed by atoms with Crippen LogP contribution in [0.2, 0.25) is 0 Å². The van der Waals surface area contributed by atoms with Crippen molar-refractivity contribution in [1.82, 2.24) is 0 Å². The zero-order chi connectivity index (χ0) is 40.9. The quantitative estimate of drug-likeness (QED) is 0.162. The fourth-order valence-electron chi connectivity index (χ4n) is 7.97. The van der Waals surface area contributed by atoms with Crippen LogP contribution in [0.4, 0.5) is 11.4 Å². The maximum atomic E-state index is 5.67. The molecule has 0 aromatic heterocycles. The van der Waals surface area contributed by atoms with Crippen molar-refractivity contribution in [3.05, 3.63) is 156 Å². The summed E-state index contributed by atoms with van der Waals surface area (Å²) in [6.45, 7) is 24.0. The first-order valence-electron chi connectivity index (χ1n) is 20.9. The molecule has 58 heavy (non-hydrogen) atoms. The fraction of sp³-hybridized carbons (Fsp3) is 0.296. The molecule has 0 unspecified atom stereocenters. The molecule has 0 fully saturated rings. The second kappa shape index (κ2) is 15.2. The largest absolute Gasteiger partial charge is 0.321 e. The number of aryl methyl sites for hydroxylation is 4. The van der Waals surface area contributed by atoms with E-state index in [0.29, 0.717) is 0 Å². The lowest BCUT2D eigenvalue weighted by Gasteiger charge is -2.29. The SMILES string of the molecule is Cc1ccc(-c2cc(-c3ccc(C)cc3)cc(N3C[C@H](C(C)(C)C)N=C3C3=N[C@@H](C(C)(C)C)CN3c3cc(-c4ccc(C)cc4)cc(-c4ccc(C)cc4)c3)c2)cc1. The summed E-state index contributed by atoms with van der Waals surface area (Å²) in [4.78, 5) is 16.3. The van der Waals surface area contributed by atoms with Crippen molar-refractivity contribution in [1.29, 1.82) is 0 Å². The van der Waals surface area contributed by atoms with Crippen molar-refractivity contribution >= 4 is 23.0 Å². The van der Waals surface area contributed by atoms with Crippen LogP contribution in [0.1, 0.15) is 63.8 Å². The molecule has 0 radical (unpaired) electrons. The van der Waals surface area contributed by atoms with E-state index in [1.165, 1.54) is 66.8 Å². The van der Waals surface area contributed by atoms with Crippen LogP contribution in [0.5, 0.6) is 0 Å². The van der Waals surface area contributed by atoms with Crippen LogP contribution >= 0.6 is 0 Å². The molecule has 6 aromatic carbocycles. The van der Waals surface area contributed by atoms with E-state index < -0.39 is 0 Å². The molecule has 0 saturated carbocycles. The van der Waals surface area contributed by atoms with Crippen molar-refractivity contribution < 1.29 is 0 Å². The Hall–Kier alpha value is -5.74. The third kappa shape index (κ3) is 8.16. The molecule has 0 amide bonds. The minimum atomic E-state index is -0.0499. The van der Waals surface area contributed by atoms with E-state index in [1.54, 1.807) is 0 Å². The lowest BCUT2D eigenvalue weighted by Crippen LogP contribution is -2.43. The first-order valence-corrected chi connectivity index (χ1v) is 20.9. The van der Waals surface area contributed by atoms with Gasteiger partial charge in [-0.1, -0.05) is 161 Å². The highest BCUT2D eigenvalue weighted by molar-refractivity contribution is 6.50. The highest BCUT2D eigenvalue weighted by Crippen LogP contribution is 2.40. The van der Waals surface area contributed by atoms with Crippen molar-refractivity contribution in [2.45, 2.75) is 81.3 Å². The second-order valence-corrected chi connectivity index (χ2v) is 18.9. The molecular formula is C54H58N4. The Morgan fingerprint density at radius 3 is 0.828 bits per heavy atom. The van der Waals surface area contributed by atoms with E-state index >= 15 is 0 Å². The van der Waals surface area contributed by atoms with Gasteiger partial charge in [-0.05, 0) is 119 Å². The van der Waals surface area contributed by atoms with Crippen LogP contribution < -0.4 is 9.80 Å². The van der Waals surface area contributed by atoms with Crippen LogP contribution in [-0.4, -0.2) is 36.8 Å². The molecule has 4 nitrogen and oxygen atoms in total. The second-order valence-electron chi connectivity index (χ2n) is 18.9. The zero-order valence-electron chi connectivity index (χ0n) is 36.1. The number of hydrogen-bond donors (Lipinski definition) is 0. The van der Waals surface area contributed by atoms with Crippen LogP contribution in [0.25, 0.3) is 44.5 Å². The minimum Gasteiger partial charge on any atom is -0.321 e. The number of anilines is 2. The van der Waals surface area contributed by atoms with Gasteiger partial charge in [-0.25, -0.2) is 0 Å². The predicted octanol–water partition coefficient (Wildman–Crippen LogP) is 13.6. The molecule has 0 saturated heterocycles. The Balaban J connectivity index is 1.31. The van der Waals surface area contributed by atoms with E-state index in [1.807, 2.05) is 0 Å². The number of rotatable bonds is 7. The molecule has 0 bridgehead atoms. The number of aliphatic imine (C=N–C) groups is 2. The van der Waals surface area contributed by atoms with Crippen LogP contribution in [0, 0.1) is 38.5 Å². The maximum Gasteiger partial charge on any atom is 0.172 e. The van der Waals surface area contributed by atoms with Gasteiger partial charge < -0.3 is 9.80 Å². The summed E-state index contributed by atoms with van der Waals surface area (Å²) in [5.74, 6) is 1.89. The van der Waals surface area contributed by atoms with Crippen LogP contribution in [0.3, 0.4) is 0 Å². The average Bonchev–Trinajstić information content (AvgIpc) is 3.85. The molecule has 2 aliphatic rings. The molecule has 2 heterocycles. The summed E-state index contributed by atoms with van der Waals surface area (Å²) >= 11 is 0. The highest BCUT2D eigenvalue weighted by Gasteiger charge is 2.42. The minimum absolute atomic E-state index is 0.0499. The maximum absolute atomic E-state index is 5.67. The molecule has 294 valence electrons. The molecule has 0 N–H and O–H groups in total. The smallest absolute Gasteiger partial charge is 0.172 e. The summed E-state index contributed by atoms with van der Waals surface area (Å²) in [6.07, 6.45) is 0. The highest BCUT2D eigenvalue weighted by atomic mass is 15.4. The van der Waals surface area contributed by atoms with Crippen molar-refractivity contribution in [3.63, 3.8) is 0 Å². The third-order valence-electron chi connectivity index (χ3n) is 12.0. The van der Waals surface area contributed by atoms with Crippen molar-refractivity contribution in [2.75, 3.05) is 22.9 Å². The van der Waals surface area contributed by atoms with Crippen molar-refractivity contribution in [3.8, 4) is 44.5 Å². The summed E-state index contributed by atoms with van der Waals surface area (Å²) in [5, 5.41) is 0. The Kier molecular flexibility index (Phi) is 10.3. The lowest BCUT2D eigenvalue weighted by atomic mass is 9.87. The van der Waals surface area contributed by atoms with Gasteiger partial charge in [0.1, 0.15) is 0 Å². The first-order chi connectivity index (χ1) is 27.6. The van der Waals surface area contributed by atoms with E-state index in [-0.39, 0.29) is 22.9 Å². The Morgan fingerprint density at radius 2 is 0.603 bits per heavy atom. The van der Waals surface area contributed by atoms with Gasteiger partial charge in [0.25, 0.3) is 0 Å². The first kappa shape index (κ1) is 39.1. The number of amidine groups is 2. The van der Waals surface area contributed by atoms with Gasteiger partial charge in [0.2, 0.25) is 0 Å². The predicted molar refractivity (Wildman–Crippen MR) is 250 cm³/mol. The Bertz CT molecular complexity index is 2190. The van der Waals surface area contributed by atoms with Gasteiger partial charge in [0.15, 0.2) is 11.7 Å². The van der Waals surface area contributed by atoms with Gasteiger partial charge in [-0.2, -0.15) is 0 Å². The number of benzene rings is 6. The van der Waals surface area contributed by atoms with Gasteiger partial charge in [0.05, 0.1) is 12.1 Å². The Labute approximate surface area is 347 Å². The zero-order valence-corrected chi connectivity index (χ0v) is 36.1. The molecular weight excluding hydrogens is 705 g/mol. The van der Waals surface area contributed by atoms with E-state index in [4.69, 9.17) is 9.98 Å². The number of nitrogens with zero attached hydrogens (tertiary/aromatic N) is 4. The summed E-state index contributed by atoms with van der Waals surface area (Å²) in [7, 11) is 0. The monoisotopic (exact) mass is 762 g/mol. The Morgan fingerprint density at radius 1 is 0.362 bits per heavy atom. The number of hydrogen-bond acceptors (Lipinski definition) is 4. The molecule has 0 aliphatic carbocycles. The summed E-state index contributed by atoms with van der Waals surface area (Å²) < 4.78 is 0. The molecule has 6 aromatic rings. The normalized spacial score (nSPS) is 17.1. The third-order valence-corrected chi connectivity index (χ3v) is 12.0. The van der Waals surface area contributed by atoms with Gasteiger partial charge in [-0.3, -0.25) is 9.98 Å². The molecule has 4 heteroatoms. The lowest BCUT2D eigenvalue weighted by molar-refractivity contribution is 0.337. The molecule has 0 spiro atoms. The van der Waals surface area contributed by atoms with E-state index in [2.05, 4.69) is 212 Å². The fourth-order valence-corrected chi connectivity index (χ4v) is 7.97. The van der Waals surface area contributed by atoms with Gasteiger partial charge in [0, 0.05) is 24.5 Å². The van der Waals surface area contributed by atoms with Crippen molar-refractivity contribution in [2.24, 2.45) is 20.8 Å². The topological polar surface area (TPSA) is 31.2 Å². The van der Waals surface area contributed by atoms with Crippen LogP contribution in [-0.2, 0) is 0 Å².